The van der Waals surface area contributed by atoms with Crippen molar-refractivity contribution in [1.82, 2.24) is 14.5 Å². The molecule has 3 heterocycles. The van der Waals surface area contributed by atoms with Gasteiger partial charge in [0.15, 0.2) is 5.65 Å². The monoisotopic (exact) mass is 207 g/mol. The zero-order valence-corrected chi connectivity index (χ0v) is 8.59. The SMILES string of the molecule is c1ccc2c(c1)Cn1c-2nc2cccnc21. The van der Waals surface area contributed by atoms with E-state index in [1.807, 2.05) is 18.3 Å². The summed E-state index contributed by atoms with van der Waals surface area (Å²) in [6.07, 6.45) is 1.82. The second kappa shape index (κ2) is 2.70. The van der Waals surface area contributed by atoms with Crippen molar-refractivity contribution >= 4 is 11.2 Å². The van der Waals surface area contributed by atoms with Crippen molar-refractivity contribution in [2.24, 2.45) is 0 Å². The lowest BCUT2D eigenvalue weighted by atomic mass is 10.1. The van der Waals surface area contributed by atoms with E-state index in [4.69, 9.17) is 0 Å². The van der Waals surface area contributed by atoms with E-state index in [1.54, 1.807) is 0 Å². The third-order valence-corrected chi connectivity index (χ3v) is 3.09. The van der Waals surface area contributed by atoms with Crippen molar-refractivity contribution in [3.05, 3.63) is 48.2 Å². The quantitative estimate of drug-likeness (QED) is 0.443. The maximum atomic E-state index is 4.64. The summed E-state index contributed by atoms with van der Waals surface area (Å²) < 4.78 is 2.18. The third kappa shape index (κ3) is 0.877. The molecule has 1 aromatic carbocycles. The highest BCUT2D eigenvalue weighted by molar-refractivity contribution is 5.80. The summed E-state index contributed by atoms with van der Waals surface area (Å²) >= 11 is 0. The van der Waals surface area contributed by atoms with Crippen LogP contribution in [0.25, 0.3) is 22.6 Å². The molecule has 0 spiro atoms. The lowest BCUT2D eigenvalue weighted by Crippen LogP contribution is -1.93. The summed E-state index contributed by atoms with van der Waals surface area (Å²) in [4.78, 5) is 9.03. The van der Waals surface area contributed by atoms with Crippen LogP contribution < -0.4 is 0 Å². The van der Waals surface area contributed by atoms with Gasteiger partial charge in [0, 0.05) is 11.8 Å². The van der Waals surface area contributed by atoms with E-state index in [9.17, 15) is 0 Å². The largest absolute Gasteiger partial charge is 0.304 e. The van der Waals surface area contributed by atoms with Gasteiger partial charge < -0.3 is 4.57 Å². The van der Waals surface area contributed by atoms with Gasteiger partial charge in [-0.25, -0.2) is 9.97 Å². The van der Waals surface area contributed by atoms with E-state index in [0.717, 1.165) is 23.5 Å². The molecule has 0 aliphatic carbocycles. The first-order valence-corrected chi connectivity index (χ1v) is 5.33. The van der Waals surface area contributed by atoms with Crippen LogP contribution in [0.15, 0.2) is 42.6 Å². The number of rotatable bonds is 0. The number of hydrogen-bond donors (Lipinski definition) is 0. The van der Waals surface area contributed by atoms with Crippen LogP contribution in [0.1, 0.15) is 5.56 Å². The van der Waals surface area contributed by atoms with Crippen LogP contribution >= 0.6 is 0 Å². The standard InChI is InChI=1S/C13H9N3/c1-2-5-10-9(4-1)8-16-12(10)15-11-6-3-7-14-13(11)16/h1-7H,8H2. The molecule has 3 aromatic rings. The average molecular weight is 207 g/mol. The Labute approximate surface area is 92.4 Å². The first-order valence-electron chi connectivity index (χ1n) is 5.33. The second-order valence-corrected chi connectivity index (χ2v) is 4.02. The van der Waals surface area contributed by atoms with Crippen molar-refractivity contribution in [2.75, 3.05) is 0 Å². The van der Waals surface area contributed by atoms with Crippen molar-refractivity contribution in [3.63, 3.8) is 0 Å². The van der Waals surface area contributed by atoms with Crippen LogP contribution in [0.3, 0.4) is 0 Å². The Kier molecular flexibility index (Phi) is 1.36. The molecule has 0 amide bonds. The molecule has 0 unspecified atom stereocenters. The molecule has 1 aliphatic heterocycles. The summed E-state index contributed by atoms with van der Waals surface area (Å²) in [6, 6.07) is 12.3. The first-order chi connectivity index (χ1) is 7.93. The van der Waals surface area contributed by atoms with E-state index in [1.165, 1.54) is 11.1 Å². The fourth-order valence-electron chi connectivity index (χ4n) is 2.36. The van der Waals surface area contributed by atoms with Crippen LogP contribution in [0, 0.1) is 0 Å². The molecule has 0 N–H and O–H groups in total. The Balaban J connectivity index is 2.12. The van der Waals surface area contributed by atoms with E-state index < -0.39 is 0 Å². The predicted octanol–water partition coefficient (Wildman–Crippen LogP) is 2.46. The predicted molar refractivity (Wildman–Crippen MR) is 62.1 cm³/mol. The summed E-state index contributed by atoms with van der Waals surface area (Å²) in [7, 11) is 0. The number of benzene rings is 1. The number of pyridine rings is 1. The van der Waals surface area contributed by atoms with Crippen LogP contribution in [0.2, 0.25) is 0 Å². The Hall–Kier alpha value is -2.16. The van der Waals surface area contributed by atoms with Gasteiger partial charge in [-0.1, -0.05) is 24.3 Å². The smallest absolute Gasteiger partial charge is 0.160 e. The van der Waals surface area contributed by atoms with E-state index in [-0.39, 0.29) is 0 Å². The van der Waals surface area contributed by atoms with Crippen LogP contribution in [0.4, 0.5) is 0 Å². The van der Waals surface area contributed by atoms with E-state index in [2.05, 4.69) is 38.8 Å². The number of fused-ring (bicyclic) bond motifs is 5. The van der Waals surface area contributed by atoms with Crippen LogP contribution in [-0.4, -0.2) is 14.5 Å². The van der Waals surface area contributed by atoms with Crippen molar-refractivity contribution in [1.29, 1.82) is 0 Å². The average Bonchev–Trinajstić information content (AvgIpc) is 2.85. The summed E-state index contributed by atoms with van der Waals surface area (Å²) in [5, 5.41) is 0. The maximum Gasteiger partial charge on any atom is 0.160 e. The van der Waals surface area contributed by atoms with Gasteiger partial charge in [0.2, 0.25) is 0 Å². The summed E-state index contributed by atoms with van der Waals surface area (Å²) in [5.74, 6) is 1.05. The number of imidazole rings is 1. The fourth-order valence-corrected chi connectivity index (χ4v) is 2.36. The van der Waals surface area contributed by atoms with Gasteiger partial charge in [-0.3, -0.25) is 0 Å². The Morgan fingerprint density at radius 2 is 2.00 bits per heavy atom. The molecule has 2 aromatic heterocycles. The minimum Gasteiger partial charge on any atom is -0.304 e. The lowest BCUT2D eigenvalue weighted by molar-refractivity contribution is 0.866. The molecule has 76 valence electrons. The van der Waals surface area contributed by atoms with Crippen molar-refractivity contribution in [3.8, 4) is 11.4 Å². The molecule has 0 radical (unpaired) electrons. The number of aromatic nitrogens is 3. The molecular formula is C13H9N3. The van der Waals surface area contributed by atoms with Crippen molar-refractivity contribution in [2.45, 2.75) is 6.54 Å². The van der Waals surface area contributed by atoms with Gasteiger partial charge in [-0.05, 0) is 17.7 Å². The number of hydrogen-bond acceptors (Lipinski definition) is 2. The highest BCUT2D eigenvalue weighted by atomic mass is 15.1. The molecule has 1 aliphatic rings. The Bertz CT molecular complexity index is 697. The summed E-state index contributed by atoms with van der Waals surface area (Å²) in [6.45, 7) is 0.888. The van der Waals surface area contributed by atoms with E-state index >= 15 is 0 Å². The highest BCUT2D eigenvalue weighted by Gasteiger charge is 2.22. The molecule has 3 nitrogen and oxygen atoms in total. The normalized spacial score (nSPS) is 12.8. The molecule has 16 heavy (non-hydrogen) atoms. The number of nitrogens with zero attached hydrogens (tertiary/aromatic N) is 3. The Morgan fingerprint density at radius 3 is 3.00 bits per heavy atom. The molecule has 0 bridgehead atoms. The second-order valence-electron chi connectivity index (χ2n) is 4.02. The lowest BCUT2D eigenvalue weighted by Gasteiger charge is -1.96. The van der Waals surface area contributed by atoms with Gasteiger partial charge in [0.1, 0.15) is 11.3 Å². The molecule has 0 atom stereocenters. The summed E-state index contributed by atoms with van der Waals surface area (Å²) in [5.41, 5.74) is 4.53. The molecule has 0 saturated carbocycles. The minimum atomic E-state index is 0.888. The minimum absolute atomic E-state index is 0.888. The molecule has 0 fully saturated rings. The molecular weight excluding hydrogens is 198 g/mol. The topological polar surface area (TPSA) is 30.7 Å². The highest BCUT2D eigenvalue weighted by Crippen LogP contribution is 2.33. The zero-order valence-electron chi connectivity index (χ0n) is 8.59. The first kappa shape index (κ1) is 8.05. The van der Waals surface area contributed by atoms with Gasteiger partial charge >= 0.3 is 0 Å². The van der Waals surface area contributed by atoms with Crippen LogP contribution in [-0.2, 0) is 6.54 Å². The molecule has 3 heteroatoms. The molecule has 4 rings (SSSR count). The van der Waals surface area contributed by atoms with Gasteiger partial charge in [-0.15, -0.1) is 0 Å². The third-order valence-electron chi connectivity index (χ3n) is 3.09. The van der Waals surface area contributed by atoms with E-state index in [0.29, 0.717) is 0 Å². The fraction of sp³-hybridized carbons (Fsp3) is 0.0769. The van der Waals surface area contributed by atoms with Gasteiger partial charge in [-0.2, -0.15) is 0 Å². The van der Waals surface area contributed by atoms with Gasteiger partial charge in [0.05, 0.1) is 6.54 Å². The Morgan fingerprint density at radius 1 is 1.06 bits per heavy atom. The van der Waals surface area contributed by atoms with Crippen LogP contribution in [0.5, 0.6) is 0 Å². The van der Waals surface area contributed by atoms with Crippen molar-refractivity contribution < 1.29 is 0 Å². The zero-order chi connectivity index (χ0) is 10.5. The maximum absolute atomic E-state index is 4.64. The molecule has 0 saturated heterocycles. The van der Waals surface area contributed by atoms with Gasteiger partial charge in [0.25, 0.3) is 0 Å².